The monoisotopic (exact) mass is 298 g/mol. The maximum atomic E-state index is 12.5. The molecular formula is C18H22N2O2. The van der Waals surface area contributed by atoms with Crippen LogP contribution in [-0.2, 0) is 9.59 Å². The van der Waals surface area contributed by atoms with Gasteiger partial charge in [0.2, 0.25) is 5.91 Å². The van der Waals surface area contributed by atoms with Crippen molar-refractivity contribution in [2.75, 3.05) is 0 Å². The van der Waals surface area contributed by atoms with Gasteiger partial charge in [-0.25, -0.2) is 0 Å². The molecule has 1 aromatic rings. The molecule has 2 aliphatic rings. The number of rotatable bonds is 3. The fraction of sp³-hybridized carbons (Fsp3) is 0.444. The normalized spacial score (nSPS) is 22.0. The van der Waals surface area contributed by atoms with E-state index in [1.165, 1.54) is 0 Å². The Kier molecular flexibility index (Phi) is 4.01. The van der Waals surface area contributed by atoms with Crippen LogP contribution in [-0.4, -0.2) is 11.7 Å². The number of hydrogen-bond donors (Lipinski definition) is 2. The van der Waals surface area contributed by atoms with Gasteiger partial charge in [-0.2, -0.15) is 0 Å². The van der Waals surface area contributed by atoms with Crippen molar-refractivity contribution in [3.63, 3.8) is 0 Å². The number of hydrogen-bond acceptors (Lipinski definition) is 3. The van der Waals surface area contributed by atoms with Crippen LogP contribution in [0.25, 0.3) is 0 Å². The van der Waals surface area contributed by atoms with Crippen molar-refractivity contribution in [1.82, 2.24) is 10.6 Å². The Bertz CT molecular complexity index is 601. The van der Waals surface area contributed by atoms with Crippen molar-refractivity contribution >= 4 is 11.7 Å². The standard InChI is InChI=1S/C18H22N2O2/c1-13(14-8-4-2-5-9-14)19-16-12-15(21)18(17(22)20-16)10-6-3-7-11-18/h2,4-5,8-9,12-13,19H,3,6-7,10-11H2,1H3,(H,20,22)/t13-/m1/s1. The third-order valence-electron chi connectivity index (χ3n) is 4.81. The van der Waals surface area contributed by atoms with E-state index in [1.807, 2.05) is 37.3 Å². The lowest BCUT2D eigenvalue weighted by Gasteiger charge is -2.37. The molecule has 0 bridgehead atoms. The number of carbonyl (C=O) groups is 2. The molecule has 1 atom stereocenters. The Balaban J connectivity index is 1.75. The molecule has 1 heterocycles. The number of carbonyl (C=O) groups excluding carboxylic acids is 2. The fourth-order valence-corrected chi connectivity index (χ4v) is 3.42. The molecule has 2 N–H and O–H groups in total. The van der Waals surface area contributed by atoms with Crippen molar-refractivity contribution in [3.8, 4) is 0 Å². The Morgan fingerprint density at radius 1 is 1.09 bits per heavy atom. The van der Waals surface area contributed by atoms with E-state index in [1.54, 1.807) is 6.08 Å². The molecule has 4 heteroatoms. The molecule has 1 aliphatic carbocycles. The number of nitrogens with one attached hydrogen (secondary N) is 2. The third kappa shape index (κ3) is 2.65. The predicted octanol–water partition coefficient (Wildman–Crippen LogP) is 2.83. The van der Waals surface area contributed by atoms with Crippen LogP contribution in [0.2, 0.25) is 0 Å². The molecule has 1 spiro atoms. The average Bonchev–Trinajstić information content (AvgIpc) is 2.54. The number of benzene rings is 1. The minimum Gasteiger partial charge on any atom is -0.365 e. The molecule has 1 aliphatic heterocycles. The Labute approximate surface area is 131 Å². The minimum absolute atomic E-state index is 0.0287. The van der Waals surface area contributed by atoms with Gasteiger partial charge in [0.05, 0.1) is 0 Å². The molecule has 116 valence electrons. The zero-order valence-electron chi connectivity index (χ0n) is 12.9. The van der Waals surface area contributed by atoms with Crippen molar-refractivity contribution < 1.29 is 9.59 Å². The molecule has 22 heavy (non-hydrogen) atoms. The van der Waals surface area contributed by atoms with Crippen LogP contribution >= 0.6 is 0 Å². The first-order chi connectivity index (χ1) is 10.6. The summed E-state index contributed by atoms with van der Waals surface area (Å²) in [5.41, 5.74) is 0.308. The van der Waals surface area contributed by atoms with Gasteiger partial charge in [0.1, 0.15) is 11.2 Å². The van der Waals surface area contributed by atoms with Crippen LogP contribution in [0.4, 0.5) is 0 Å². The highest BCUT2D eigenvalue weighted by Crippen LogP contribution is 2.39. The molecule has 4 nitrogen and oxygen atoms in total. The minimum atomic E-state index is -0.806. The van der Waals surface area contributed by atoms with Crippen LogP contribution in [0.15, 0.2) is 42.2 Å². The summed E-state index contributed by atoms with van der Waals surface area (Å²) < 4.78 is 0. The van der Waals surface area contributed by atoms with Crippen molar-refractivity contribution in [1.29, 1.82) is 0 Å². The summed E-state index contributed by atoms with van der Waals surface area (Å²) in [7, 11) is 0. The van der Waals surface area contributed by atoms with Gasteiger partial charge in [-0.15, -0.1) is 0 Å². The molecule has 0 aromatic heterocycles. The molecule has 0 saturated heterocycles. The first-order valence-electron chi connectivity index (χ1n) is 8.01. The van der Waals surface area contributed by atoms with Gasteiger partial charge in [-0.1, -0.05) is 49.6 Å². The maximum Gasteiger partial charge on any atom is 0.239 e. The lowest BCUT2D eigenvalue weighted by Crippen LogP contribution is -2.52. The third-order valence-corrected chi connectivity index (χ3v) is 4.81. The molecule has 3 rings (SSSR count). The smallest absolute Gasteiger partial charge is 0.239 e. The second kappa shape index (κ2) is 5.95. The Morgan fingerprint density at radius 3 is 2.41 bits per heavy atom. The summed E-state index contributed by atoms with van der Waals surface area (Å²) in [4.78, 5) is 25.0. The van der Waals surface area contributed by atoms with E-state index in [-0.39, 0.29) is 17.7 Å². The largest absolute Gasteiger partial charge is 0.365 e. The highest BCUT2D eigenvalue weighted by Gasteiger charge is 2.47. The molecular weight excluding hydrogens is 276 g/mol. The summed E-state index contributed by atoms with van der Waals surface area (Å²) in [5.74, 6) is 0.337. The highest BCUT2D eigenvalue weighted by atomic mass is 16.2. The number of amides is 1. The van der Waals surface area contributed by atoms with Crippen LogP contribution in [0, 0.1) is 5.41 Å². The van der Waals surface area contributed by atoms with Crippen LogP contribution < -0.4 is 10.6 Å². The maximum absolute atomic E-state index is 12.5. The molecule has 0 radical (unpaired) electrons. The Morgan fingerprint density at radius 2 is 1.77 bits per heavy atom. The second-order valence-electron chi connectivity index (χ2n) is 6.30. The lowest BCUT2D eigenvalue weighted by molar-refractivity contribution is -0.142. The van der Waals surface area contributed by atoms with E-state index in [2.05, 4.69) is 10.6 Å². The summed E-state index contributed by atoms with van der Waals surface area (Å²) in [5, 5.41) is 6.12. The van der Waals surface area contributed by atoms with Crippen molar-refractivity contribution in [2.24, 2.45) is 5.41 Å². The van der Waals surface area contributed by atoms with Crippen molar-refractivity contribution in [3.05, 3.63) is 47.8 Å². The molecule has 1 amide bonds. The van der Waals surface area contributed by atoms with Gasteiger partial charge in [0.15, 0.2) is 5.78 Å². The van der Waals surface area contributed by atoms with E-state index in [4.69, 9.17) is 0 Å². The summed E-state index contributed by atoms with van der Waals surface area (Å²) >= 11 is 0. The molecule has 1 fully saturated rings. The zero-order chi connectivity index (χ0) is 15.6. The molecule has 1 saturated carbocycles. The van der Waals surface area contributed by atoms with Crippen LogP contribution in [0.5, 0.6) is 0 Å². The zero-order valence-corrected chi connectivity index (χ0v) is 12.9. The summed E-state index contributed by atoms with van der Waals surface area (Å²) in [6, 6.07) is 9.99. The first-order valence-corrected chi connectivity index (χ1v) is 8.01. The number of ketones is 1. The van der Waals surface area contributed by atoms with Gasteiger partial charge in [-0.3, -0.25) is 9.59 Å². The van der Waals surface area contributed by atoms with E-state index in [0.717, 1.165) is 24.8 Å². The predicted molar refractivity (Wildman–Crippen MR) is 84.7 cm³/mol. The molecule has 0 unspecified atom stereocenters. The van der Waals surface area contributed by atoms with E-state index in [9.17, 15) is 9.59 Å². The number of allylic oxidation sites excluding steroid dienone is 1. The lowest BCUT2D eigenvalue weighted by atomic mass is 9.69. The van der Waals surface area contributed by atoms with Gasteiger partial charge < -0.3 is 10.6 Å². The van der Waals surface area contributed by atoms with E-state index >= 15 is 0 Å². The van der Waals surface area contributed by atoms with Gasteiger partial charge >= 0.3 is 0 Å². The average molecular weight is 298 g/mol. The quantitative estimate of drug-likeness (QED) is 0.844. The second-order valence-corrected chi connectivity index (χ2v) is 6.30. The van der Waals surface area contributed by atoms with E-state index < -0.39 is 5.41 Å². The fourth-order valence-electron chi connectivity index (χ4n) is 3.42. The van der Waals surface area contributed by atoms with Crippen LogP contribution in [0.1, 0.15) is 50.6 Å². The topological polar surface area (TPSA) is 58.2 Å². The van der Waals surface area contributed by atoms with Gasteiger partial charge in [-0.05, 0) is 25.3 Å². The first kappa shape index (κ1) is 14.8. The summed E-state index contributed by atoms with van der Waals surface area (Å²) in [6.07, 6.45) is 5.95. The van der Waals surface area contributed by atoms with Crippen LogP contribution in [0.3, 0.4) is 0 Å². The molecule has 1 aromatic carbocycles. The Hall–Kier alpha value is -2.10. The van der Waals surface area contributed by atoms with Gasteiger partial charge in [0.25, 0.3) is 0 Å². The SMILES string of the molecule is C[C@@H](NC1=CC(=O)C2(CCCCC2)C(=O)N1)c1ccccc1. The summed E-state index contributed by atoms with van der Waals surface area (Å²) in [6.45, 7) is 2.01. The van der Waals surface area contributed by atoms with E-state index in [0.29, 0.717) is 18.7 Å². The van der Waals surface area contributed by atoms with Gasteiger partial charge in [0, 0.05) is 12.1 Å². The highest BCUT2D eigenvalue weighted by molar-refractivity contribution is 6.14. The van der Waals surface area contributed by atoms with Crippen molar-refractivity contribution in [2.45, 2.75) is 45.1 Å².